The zero-order valence-corrected chi connectivity index (χ0v) is 11.2. The molecule has 2 rings (SSSR count). The van der Waals surface area contributed by atoms with Gasteiger partial charge in [-0.3, -0.25) is 10.1 Å². The number of rotatable bonds is 4. The Balaban J connectivity index is 2.48. The molecule has 21 heavy (non-hydrogen) atoms. The number of hydrogen-bond acceptors (Lipinski definition) is 4. The summed E-state index contributed by atoms with van der Waals surface area (Å²) in [6, 6.07) is 5.90. The Kier molecular flexibility index (Phi) is 4.02. The fourth-order valence-corrected chi connectivity index (χ4v) is 1.73. The average molecular weight is 295 g/mol. The molecular formula is C14H11F2NO4. The van der Waals surface area contributed by atoms with Crippen LogP contribution in [0.3, 0.4) is 0 Å². The van der Waals surface area contributed by atoms with Crippen LogP contribution in [0, 0.1) is 28.7 Å². The lowest BCUT2D eigenvalue weighted by Crippen LogP contribution is -1.98. The van der Waals surface area contributed by atoms with Gasteiger partial charge in [-0.2, -0.15) is 4.39 Å². The highest BCUT2D eigenvalue weighted by atomic mass is 19.1. The van der Waals surface area contributed by atoms with E-state index < -0.39 is 22.2 Å². The molecule has 0 aliphatic carbocycles. The van der Waals surface area contributed by atoms with Crippen LogP contribution in [0.25, 0.3) is 0 Å². The molecule has 0 radical (unpaired) electrons. The van der Waals surface area contributed by atoms with Gasteiger partial charge in [-0.1, -0.05) is 0 Å². The number of hydrogen-bond donors (Lipinski definition) is 0. The molecule has 0 N–H and O–H groups in total. The molecule has 0 unspecified atom stereocenters. The summed E-state index contributed by atoms with van der Waals surface area (Å²) in [4.78, 5) is 10.0. The van der Waals surface area contributed by atoms with Crippen molar-refractivity contribution in [3.63, 3.8) is 0 Å². The van der Waals surface area contributed by atoms with Crippen molar-refractivity contribution in [1.29, 1.82) is 0 Å². The second-order valence-corrected chi connectivity index (χ2v) is 4.23. The van der Waals surface area contributed by atoms with E-state index in [-0.39, 0.29) is 17.2 Å². The van der Waals surface area contributed by atoms with Crippen molar-refractivity contribution in [2.75, 3.05) is 7.11 Å². The van der Waals surface area contributed by atoms with Crippen LogP contribution in [0.5, 0.6) is 17.2 Å². The van der Waals surface area contributed by atoms with Crippen LogP contribution in [0.15, 0.2) is 30.3 Å². The van der Waals surface area contributed by atoms with E-state index in [9.17, 15) is 18.9 Å². The Morgan fingerprint density at radius 2 is 1.81 bits per heavy atom. The fraction of sp³-hybridized carbons (Fsp3) is 0.143. The van der Waals surface area contributed by atoms with E-state index in [4.69, 9.17) is 9.47 Å². The fourth-order valence-electron chi connectivity index (χ4n) is 1.73. The van der Waals surface area contributed by atoms with Gasteiger partial charge < -0.3 is 9.47 Å². The summed E-state index contributed by atoms with van der Waals surface area (Å²) in [6.07, 6.45) is 0. The minimum atomic E-state index is -1.08. The third-order valence-corrected chi connectivity index (χ3v) is 2.78. The van der Waals surface area contributed by atoms with Gasteiger partial charge >= 0.3 is 5.69 Å². The molecule has 5 nitrogen and oxygen atoms in total. The summed E-state index contributed by atoms with van der Waals surface area (Å²) in [6.45, 7) is 1.52. The van der Waals surface area contributed by atoms with Crippen LogP contribution in [-0.2, 0) is 0 Å². The lowest BCUT2D eigenvalue weighted by Gasteiger charge is -2.09. The van der Waals surface area contributed by atoms with Crippen molar-refractivity contribution in [3.05, 3.63) is 57.6 Å². The van der Waals surface area contributed by atoms with Crippen molar-refractivity contribution in [2.24, 2.45) is 0 Å². The molecule has 0 aliphatic rings. The van der Waals surface area contributed by atoms with Gasteiger partial charge in [-0.15, -0.1) is 0 Å². The number of nitrogens with zero attached hydrogens (tertiary/aromatic N) is 1. The van der Waals surface area contributed by atoms with Crippen molar-refractivity contribution in [2.45, 2.75) is 6.92 Å². The van der Waals surface area contributed by atoms with Gasteiger partial charge in [0.25, 0.3) is 0 Å². The molecule has 0 fully saturated rings. The molecule has 2 aromatic rings. The molecular weight excluding hydrogens is 284 g/mol. The Hall–Kier alpha value is -2.70. The van der Waals surface area contributed by atoms with Gasteiger partial charge in [0.15, 0.2) is 0 Å². The number of benzene rings is 2. The summed E-state index contributed by atoms with van der Waals surface area (Å²) < 4.78 is 37.1. The summed E-state index contributed by atoms with van der Waals surface area (Å²) >= 11 is 0. The van der Waals surface area contributed by atoms with Crippen molar-refractivity contribution in [1.82, 2.24) is 0 Å². The number of halogens is 2. The maximum atomic E-state index is 13.7. The van der Waals surface area contributed by atoms with Gasteiger partial charge in [-0.25, -0.2) is 4.39 Å². The standard InChI is InChI=1S/C14H11F2NO4/c1-8-5-9(3-4-11(8)15)21-13-7-10(20-2)6-12(16)14(13)17(18)19/h3-7H,1-2H3. The highest BCUT2D eigenvalue weighted by Gasteiger charge is 2.24. The van der Waals surface area contributed by atoms with E-state index in [0.717, 1.165) is 12.1 Å². The molecule has 0 aliphatic heterocycles. The number of nitro benzene ring substituents is 1. The molecule has 0 saturated heterocycles. The van der Waals surface area contributed by atoms with Gasteiger partial charge in [0.2, 0.25) is 11.6 Å². The normalized spacial score (nSPS) is 10.3. The summed E-state index contributed by atoms with van der Waals surface area (Å²) in [7, 11) is 1.30. The molecule has 0 aromatic heterocycles. The minimum absolute atomic E-state index is 0.0759. The molecule has 0 atom stereocenters. The van der Waals surface area contributed by atoms with E-state index in [1.165, 1.54) is 32.2 Å². The first kappa shape index (κ1) is 14.7. The first-order valence-electron chi connectivity index (χ1n) is 5.88. The van der Waals surface area contributed by atoms with Crippen LogP contribution in [0.1, 0.15) is 5.56 Å². The highest BCUT2D eigenvalue weighted by Crippen LogP contribution is 2.37. The second-order valence-electron chi connectivity index (χ2n) is 4.23. The predicted molar refractivity (Wildman–Crippen MR) is 70.8 cm³/mol. The van der Waals surface area contributed by atoms with E-state index in [2.05, 4.69) is 0 Å². The SMILES string of the molecule is COc1cc(F)c([N+](=O)[O-])c(Oc2ccc(F)c(C)c2)c1. The molecule has 0 heterocycles. The Bertz CT molecular complexity index is 704. The molecule has 0 bridgehead atoms. The Morgan fingerprint density at radius 1 is 1.10 bits per heavy atom. The maximum absolute atomic E-state index is 13.7. The quantitative estimate of drug-likeness (QED) is 0.632. The highest BCUT2D eigenvalue weighted by molar-refractivity contribution is 5.53. The predicted octanol–water partition coefficient (Wildman–Crippen LogP) is 3.98. The van der Waals surface area contributed by atoms with Crippen LogP contribution >= 0.6 is 0 Å². The first-order chi connectivity index (χ1) is 9.92. The average Bonchev–Trinajstić information content (AvgIpc) is 2.41. The lowest BCUT2D eigenvalue weighted by molar-refractivity contribution is -0.388. The van der Waals surface area contributed by atoms with Gasteiger partial charge in [-0.05, 0) is 30.7 Å². The summed E-state index contributed by atoms with van der Waals surface area (Å²) in [5, 5.41) is 10.9. The van der Waals surface area contributed by atoms with Gasteiger partial charge in [0.1, 0.15) is 17.3 Å². The first-order valence-corrected chi connectivity index (χ1v) is 5.88. The van der Waals surface area contributed by atoms with E-state index in [1.807, 2.05) is 0 Å². The zero-order valence-electron chi connectivity index (χ0n) is 11.2. The Labute approximate surface area is 118 Å². The molecule has 0 amide bonds. The van der Waals surface area contributed by atoms with E-state index in [1.54, 1.807) is 0 Å². The van der Waals surface area contributed by atoms with Gasteiger partial charge in [0.05, 0.1) is 12.0 Å². The summed E-state index contributed by atoms with van der Waals surface area (Å²) in [5.74, 6) is -1.60. The molecule has 0 spiro atoms. The minimum Gasteiger partial charge on any atom is -0.497 e. The van der Waals surface area contributed by atoms with Crippen LogP contribution in [0.2, 0.25) is 0 Å². The second kappa shape index (κ2) is 5.74. The molecule has 110 valence electrons. The number of ether oxygens (including phenoxy) is 2. The summed E-state index contributed by atoms with van der Waals surface area (Å²) in [5.41, 5.74) is -0.503. The molecule has 0 saturated carbocycles. The monoisotopic (exact) mass is 295 g/mol. The lowest BCUT2D eigenvalue weighted by atomic mass is 10.2. The number of nitro groups is 1. The van der Waals surface area contributed by atoms with Crippen LogP contribution in [-0.4, -0.2) is 12.0 Å². The van der Waals surface area contributed by atoms with Gasteiger partial charge in [0, 0.05) is 12.1 Å². The van der Waals surface area contributed by atoms with Crippen molar-refractivity contribution < 1.29 is 23.2 Å². The maximum Gasteiger partial charge on any atom is 0.347 e. The zero-order chi connectivity index (χ0) is 15.6. The number of aryl methyl sites for hydroxylation is 1. The number of methoxy groups -OCH3 is 1. The van der Waals surface area contributed by atoms with E-state index in [0.29, 0.717) is 5.56 Å². The third-order valence-electron chi connectivity index (χ3n) is 2.78. The topological polar surface area (TPSA) is 61.6 Å². The molecule has 2 aromatic carbocycles. The van der Waals surface area contributed by atoms with E-state index >= 15 is 0 Å². The Morgan fingerprint density at radius 3 is 2.38 bits per heavy atom. The van der Waals surface area contributed by atoms with Crippen molar-refractivity contribution >= 4 is 5.69 Å². The largest absolute Gasteiger partial charge is 0.497 e. The van der Waals surface area contributed by atoms with Crippen LogP contribution < -0.4 is 9.47 Å². The van der Waals surface area contributed by atoms with Crippen molar-refractivity contribution in [3.8, 4) is 17.2 Å². The molecule has 7 heteroatoms. The van der Waals surface area contributed by atoms with Crippen LogP contribution in [0.4, 0.5) is 14.5 Å². The smallest absolute Gasteiger partial charge is 0.347 e. The third kappa shape index (κ3) is 3.07.